The fourth-order valence-corrected chi connectivity index (χ4v) is 4.50. The van der Waals surface area contributed by atoms with E-state index in [9.17, 15) is 18.3 Å². The molecule has 0 spiro atoms. The number of aliphatic hydroxyl groups is 1. The van der Waals surface area contributed by atoms with E-state index in [-0.39, 0.29) is 11.8 Å². The highest BCUT2D eigenvalue weighted by Crippen LogP contribution is 2.41. The first-order valence-electron chi connectivity index (χ1n) is 9.29. The van der Waals surface area contributed by atoms with Gasteiger partial charge < -0.3 is 15.2 Å². The zero-order valence-corrected chi connectivity index (χ0v) is 15.1. The maximum atomic E-state index is 12.4. The molecule has 146 valence electrons. The number of hydrogen-bond donors (Lipinski definition) is 2. The fraction of sp³-hybridized carbons (Fsp3) is 0.684. The van der Waals surface area contributed by atoms with Gasteiger partial charge in [-0.3, -0.25) is 4.90 Å². The Morgan fingerprint density at radius 2 is 2.04 bits per heavy atom. The molecule has 1 aliphatic carbocycles. The van der Waals surface area contributed by atoms with Crippen molar-refractivity contribution in [2.45, 2.75) is 50.6 Å². The Balaban J connectivity index is 1.66. The van der Waals surface area contributed by atoms with Crippen molar-refractivity contribution < 1.29 is 23.0 Å². The smallest absolute Gasteiger partial charge is 0.406 e. The summed E-state index contributed by atoms with van der Waals surface area (Å²) in [7, 11) is 0. The molecule has 1 heterocycles. The van der Waals surface area contributed by atoms with Crippen molar-refractivity contribution in [3.63, 3.8) is 0 Å². The highest BCUT2D eigenvalue weighted by molar-refractivity contribution is 5.29. The minimum absolute atomic E-state index is 0.110. The molecule has 0 aromatic heterocycles. The maximum Gasteiger partial charge on any atom is 0.573 e. The third kappa shape index (κ3) is 4.69. The molecule has 2 N–H and O–H groups in total. The van der Waals surface area contributed by atoms with Crippen LogP contribution < -0.4 is 10.1 Å². The Hall–Kier alpha value is -1.31. The molecular formula is C19H27F3N2O2. The molecular weight excluding hydrogens is 345 g/mol. The van der Waals surface area contributed by atoms with Gasteiger partial charge in [0.05, 0.1) is 5.60 Å². The van der Waals surface area contributed by atoms with Gasteiger partial charge in [0.15, 0.2) is 0 Å². The number of halogens is 3. The highest BCUT2D eigenvalue weighted by Gasteiger charge is 2.47. The Morgan fingerprint density at radius 1 is 1.31 bits per heavy atom. The molecule has 7 heteroatoms. The number of nitrogens with one attached hydrogen (secondary N) is 1. The van der Waals surface area contributed by atoms with Gasteiger partial charge in [0.25, 0.3) is 0 Å². The van der Waals surface area contributed by atoms with Crippen molar-refractivity contribution in [3.8, 4) is 5.75 Å². The quantitative estimate of drug-likeness (QED) is 0.834. The average molecular weight is 372 g/mol. The van der Waals surface area contributed by atoms with E-state index in [4.69, 9.17) is 0 Å². The summed E-state index contributed by atoms with van der Waals surface area (Å²) >= 11 is 0. The number of piperazine rings is 1. The van der Waals surface area contributed by atoms with Gasteiger partial charge >= 0.3 is 6.36 Å². The first-order valence-corrected chi connectivity index (χ1v) is 9.29. The predicted octanol–water partition coefficient (Wildman–Crippen LogP) is 2.95. The zero-order chi connectivity index (χ0) is 18.8. The van der Waals surface area contributed by atoms with E-state index in [0.717, 1.165) is 44.6 Å². The summed E-state index contributed by atoms with van der Waals surface area (Å²) in [6, 6.07) is 6.16. The van der Waals surface area contributed by atoms with Crippen molar-refractivity contribution in [3.05, 3.63) is 29.8 Å². The molecule has 2 unspecified atom stereocenters. The lowest BCUT2D eigenvalue weighted by Crippen LogP contribution is -2.57. The van der Waals surface area contributed by atoms with Crippen LogP contribution in [0.1, 0.15) is 31.7 Å². The van der Waals surface area contributed by atoms with Crippen LogP contribution in [-0.4, -0.2) is 54.2 Å². The maximum absolute atomic E-state index is 12.4. The number of aryl methyl sites for hydroxylation is 1. The van der Waals surface area contributed by atoms with Crippen LogP contribution in [0.25, 0.3) is 0 Å². The standard InChI is InChI=1S/C19H27F3N2O2/c1-14-5-7-18(25,17(14)24-11-9-23-10-12-24)8-6-15-3-2-4-16(13-15)26-19(20,21)22/h2-4,13-14,17,23,25H,5-12H2,1H3/t14-,17?,18?/m1/s1. The van der Waals surface area contributed by atoms with Gasteiger partial charge in [-0.2, -0.15) is 0 Å². The molecule has 0 radical (unpaired) electrons. The monoisotopic (exact) mass is 372 g/mol. The molecule has 1 saturated carbocycles. The van der Waals surface area contributed by atoms with E-state index >= 15 is 0 Å². The summed E-state index contributed by atoms with van der Waals surface area (Å²) in [5, 5.41) is 14.7. The molecule has 0 bridgehead atoms. The second-order valence-corrected chi connectivity index (χ2v) is 7.55. The minimum Gasteiger partial charge on any atom is -0.406 e. The predicted molar refractivity (Wildman–Crippen MR) is 93.0 cm³/mol. The van der Waals surface area contributed by atoms with Crippen molar-refractivity contribution >= 4 is 0 Å². The summed E-state index contributed by atoms with van der Waals surface area (Å²) in [6.45, 7) is 5.88. The van der Waals surface area contributed by atoms with Gasteiger partial charge in [0, 0.05) is 32.2 Å². The first-order chi connectivity index (χ1) is 12.3. The Labute approximate surface area is 152 Å². The van der Waals surface area contributed by atoms with Gasteiger partial charge in [-0.1, -0.05) is 19.1 Å². The zero-order valence-electron chi connectivity index (χ0n) is 15.1. The fourth-order valence-electron chi connectivity index (χ4n) is 4.50. The van der Waals surface area contributed by atoms with Crippen LogP contribution in [0, 0.1) is 5.92 Å². The summed E-state index contributed by atoms with van der Waals surface area (Å²) in [6.07, 6.45) is -1.91. The molecule has 1 aromatic rings. The van der Waals surface area contributed by atoms with E-state index in [1.807, 2.05) is 0 Å². The molecule has 4 nitrogen and oxygen atoms in total. The largest absolute Gasteiger partial charge is 0.573 e. The first kappa shape index (κ1) is 19.5. The number of hydrogen-bond acceptors (Lipinski definition) is 4. The lowest BCUT2D eigenvalue weighted by atomic mass is 9.86. The van der Waals surface area contributed by atoms with E-state index in [1.54, 1.807) is 12.1 Å². The van der Waals surface area contributed by atoms with Crippen LogP contribution in [0.2, 0.25) is 0 Å². The Morgan fingerprint density at radius 3 is 2.73 bits per heavy atom. The van der Waals surface area contributed by atoms with E-state index in [2.05, 4.69) is 21.9 Å². The van der Waals surface area contributed by atoms with Crippen LogP contribution >= 0.6 is 0 Å². The molecule has 1 aromatic carbocycles. The number of ether oxygens (including phenoxy) is 1. The van der Waals surface area contributed by atoms with Crippen LogP contribution in [-0.2, 0) is 6.42 Å². The summed E-state index contributed by atoms with van der Waals surface area (Å²) in [4.78, 5) is 2.37. The minimum atomic E-state index is -4.69. The SMILES string of the molecule is C[C@@H]1CCC(O)(CCc2cccc(OC(F)(F)F)c2)C1N1CCNCC1. The number of rotatable bonds is 5. The van der Waals surface area contributed by atoms with Gasteiger partial charge in [-0.25, -0.2) is 0 Å². The second kappa shape index (κ2) is 7.74. The van der Waals surface area contributed by atoms with Crippen LogP contribution in [0.15, 0.2) is 24.3 Å². The Kier molecular flexibility index (Phi) is 5.79. The van der Waals surface area contributed by atoms with Crippen molar-refractivity contribution in [1.82, 2.24) is 10.2 Å². The molecule has 26 heavy (non-hydrogen) atoms. The van der Waals surface area contributed by atoms with Gasteiger partial charge in [0.2, 0.25) is 0 Å². The normalized spacial score (nSPS) is 30.5. The highest BCUT2D eigenvalue weighted by atomic mass is 19.4. The molecule has 2 fully saturated rings. The molecule has 1 aliphatic heterocycles. The van der Waals surface area contributed by atoms with Crippen LogP contribution in [0.3, 0.4) is 0 Å². The second-order valence-electron chi connectivity index (χ2n) is 7.55. The van der Waals surface area contributed by atoms with E-state index in [0.29, 0.717) is 18.8 Å². The van der Waals surface area contributed by atoms with Crippen molar-refractivity contribution in [1.29, 1.82) is 0 Å². The average Bonchev–Trinajstić information content (AvgIpc) is 2.88. The molecule has 2 aliphatic rings. The number of benzene rings is 1. The molecule has 3 rings (SSSR count). The number of nitrogens with zero attached hydrogens (tertiary/aromatic N) is 1. The molecule has 3 atom stereocenters. The molecule has 0 amide bonds. The van der Waals surface area contributed by atoms with Gasteiger partial charge in [0.1, 0.15) is 5.75 Å². The third-order valence-electron chi connectivity index (χ3n) is 5.65. The summed E-state index contributed by atoms with van der Waals surface area (Å²) in [5.74, 6) is 0.207. The van der Waals surface area contributed by atoms with Crippen molar-refractivity contribution in [2.24, 2.45) is 5.92 Å². The van der Waals surface area contributed by atoms with E-state index in [1.165, 1.54) is 12.1 Å². The third-order valence-corrected chi connectivity index (χ3v) is 5.65. The van der Waals surface area contributed by atoms with E-state index < -0.39 is 12.0 Å². The van der Waals surface area contributed by atoms with Gasteiger partial charge in [-0.15, -0.1) is 13.2 Å². The molecule has 1 saturated heterocycles. The van der Waals surface area contributed by atoms with Gasteiger partial charge in [-0.05, 0) is 49.3 Å². The van der Waals surface area contributed by atoms with Crippen LogP contribution in [0.4, 0.5) is 13.2 Å². The van der Waals surface area contributed by atoms with Crippen LogP contribution in [0.5, 0.6) is 5.75 Å². The summed E-state index contributed by atoms with van der Waals surface area (Å²) in [5.41, 5.74) is -0.0451. The Bertz CT molecular complexity index is 605. The summed E-state index contributed by atoms with van der Waals surface area (Å²) < 4.78 is 41.2. The lowest BCUT2D eigenvalue weighted by molar-refractivity contribution is -0.274. The number of alkyl halides is 3. The van der Waals surface area contributed by atoms with Crippen molar-refractivity contribution in [2.75, 3.05) is 26.2 Å². The lowest BCUT2D eigenvalue weighted by Gasteiger charge is -2.42. The topological polar surface area (TPSA) is 44.7 Å².